The summed E-state index contributed by atoms with van der Waals surface area (Å²) in [5, 5.41) is 16.2. The number of carbonyl (C=O) groups excluding carboxylic acids is 1. The van der Waals surface area contributed by atoms with Crippen LogP contribution in [0.15, 0.2) is 41.1 Å². The van der Waals surface area contributed by atoms with Crippen LogP contribution < -0.4 is 11.1 Å². The summed E-state index contributed by atoms with van der Waals surface area (Å²) in [6, 6.07) is 8.83. The summed E-state index contributed by atoms with van der Waals surface area (Å²) in [4.78, 5) is 23.9. The Morgan fingerprint density at radius 2 is 1.84 bits per heavy atom. The molecule has 2 aromatic rings. The smallest absolute Gasteiger partial charge is 0.326 e. The van der Waals surface area contributed by atoms with Gasteiger partial charge in [0.05, 0.1) is 5.54 Å². The molecule has 1 atom stereocenters. The molecule has 1 fully saturated rings. The highest BCUT2D eigenvalue weighted by molar-refractivity contribution is 7.08. The van der Waals surface area contributed by atoms with Crippen molar-refractivity contribution in [3.63, 3.8) is 0 Å². The Hall–Kier alpha value is -2.18. The third-order valence-electron chi connectivity index (χ3n) is 4.80. The lowest BCUT2D eigenvalue weighted by Gasteiger charge is -2.25. The van der Waals surface area contributed by atoms with Crippen molar-refractivity contribution in [2.75, 3.05) is 0 Å². The maximum Gasteiger partial charge on any atom is 0.326 e. The summed E-state index contributed by atoms with van der Waals surface area (Å²) in [5.41, 5.74) is 8.29. The fourth-order valence-corrected chi connectivity index (χ4v) is 3.90. The summed E-state index contributed by atoms with van der Waals surface area (Å²) in [7, 11) is 0. The van der Waals surface area contributed by atoms with E-state index >= 15 is 0 Å². The molecule has 0 unspecified atom stereocenters. The van der Waals surface area contributed by atoms with Gasteiger partial charge in [-0.25, -0.2) is 4.79 Å². The largest absolute Gasteiger partial charge is 0.480 e. The van der Waals surface area contributed by atoms with E-state index in [-0.39, 0.29) is 12.3 Å². The molecule has 1 aromatic carbocycles. The van der Waals surface area contributed by atoms with Crippen molar-refractivity contribution in [3.05, 3.63) is 46.7 Å². The molecule has 1 aliphatic rings. The van der Waals surface area contributed by atoms with E-state index in [9.17, 15) is 14.7 Å². The summed E-state index contributed by atoms with van der Waals surface area (Å²) in [5.74, 6) is -1.40. The van der Waals surface area contributed by atoms with Crippen LogP contribution in [0.1, 0.15) is 31.2 Å². The van der Waals surface area contributed by atoms with Crippen molar-refractivity contribution in [1.29, 1.82) is 0 Å². The monoisotopic (exact) mass is 358 g/mol. The van der Waals surface area contributed by atoms with Crippen LogP contribution in [-0.2, 0) is 16.0 Å². The van der Waals surface area contributed by atoms with E-state index in [2.05, 4.69) is 10.7 Å². The van der Waals surface area contributed by atoms with Crippen molar-refractivity contribution in [1.82, 2.24) is 5.32 Å². The Balaban J connectivity index is 1.67. The molecule has 6 heteroatoms. The molecule has 4 N–H and O–H groups in total. The zero-order valence-corrected chi connectivity index (χ0v) is 14.7. The number of hydrogen-bond donors (Lipinski definition) is 3. The number of carboxylic acid groups (broad SMARTS) is 1. The standard InChI is InChI=1S/C19H22N2O3S/c20-19(8-1-2-9-19)18(24)21-16(17(22)23)11-13-3-5-14(6-4-13)15-7-10-25-12-15/h3-7,10,12,16H,1-2,8-9,11,20H2,(H,21,24)(H,22,23)/t16-/m0/s1. The number of carboxylic acids is 1. The highest BCUT2D eigenvalue weighted by Gasteiger charge is 2.38. The summed E-state index contributed by atoms with van der Waals surface area (Å²) in [6.45, 7) is 0. The van der Waals surface area contributed by atoms with Crippen molar-refractivity contribution in [2.45, 2.75) is 43.7 Å². The molecule has 5 nitrogen and oxygen atoms in total. The fraction of sp³-hybridized carbons (Fsp3) is 0.368. The van der Waals surface area contributed by atoms with E-state index in [0.717, 1.165) is 29.5 Å². The highest BCUT2D eigenvalue weighted by atomic mass is 32.1. The molecule has 0 aliphatic heterocycles. The average Bonchev–Trinajstić information content (AvgIpc) is 3.27. The zero-order chi connectivity index (χ0) is 17.9. The number of benzene rings is 1. The first-order valence-corrected chi connectivity index (χ1v) is 9.36. The second kappa shape index (κ2) is 7.37. The number of aliphatic carboxylic acids is 1. The maximum absolute atomic E-state index is 12.4. The normalized spacial score (nSPS) is 17.2. The molecular formula is C19H22N2O3S. The van der Waals surface area contributed by atoms with E-state index < -0.39 is 17.6 Å². The van der Waals surface area contributed by atoms with Gasteiger partial charge < -0.3 is 16.2 Å². The second-order valence-corrected chi connectivity index (χ2v) is 7.42. The first kappa shape index (κ1) is 17.6. The van der Waals surface area contributed by atoms with Crippen LogP contribution in [0.2, 0.25) is 0 Å². The number of hydrogen-bond acceptors (Lipinski definition) is 4. The molecule has 25 heavy (non-hydrogen) atoms. The molecule has 1 aliphatic carbocycles. The van der Waals surface area contributed by atoms with Crippen LogP contribution in [0.5, 0.6) is 0 Å². The van der Waals surface area contributed by atoms with E-state index in [0.29, 0.717) is 12.8 Å². The average molecular weight is 358 g/mol. The van der Waals surface area contributed by atoms with Gasteiger partial charge >= 0.3 is 5.97 Å². The summed E-state index contributed by atoms with van der Waals surface area (Å²) in [6.07, 6.45) is 3.28. The third kappa shape index (κ3) is 4.08. The minimum atomic E-state index is -1.04. The van der Waals surface area contributed by atoms with Gasteiger partial charge in [-0.15, -0.1) is 0 Å². The van der Waals surface area contributed by atoms with Crippen LogP contribution in [0.4, 0.5) is 0 Å². The number of nitrogens with one attached hydrogen (secondary N) is 1. The molecule has 1 saturated carbocycles. The Bertz CT molecular complexity index is 735. The molecule has 0 radical (unpaired) electrons. The van der Waals surface area contributed by atoms with Gasteiger partial charge in [0, 0.05) is 6.42 Å². The van der Waals surface area contributed by atoms with Crippen molar-refractivity contribution in [2.24, 2.45) is 5.73 Å². The SMILES string of the molecule is NC1(C(=O)N[C@@H](Cc2ccc(-c3ccsc3)cc2)C(=O)O)CCCC1. The highest BCUT2D eigenvalue weighted by Crippen LogP contribution is 2.27. The van der Waals surface area contributed by atoms with Crippen LogP contribution in [0.3, 0.4) is 0 Å². The molecule has 0 saturated heterocycles. The first-order valence-electron chi connectivity index (χ1n) is 8.42. The first-order chi connectivity index (χ1) is 12.0. The van der Waals surface area contributed by atoms with Gasteiger partial charge in [0.25, 0.3) is 0 Å². The molecule has 0 spiro atoms. The van der Waals surface area contributed by atoms with E-state index in [1.807, 2.05) is 35.7 Å². The predicted molar refractivity (Wildman–Crippen MR) is 98.4 cm³/mol. The quantitative estimate of drug-likeness (QED) is 0.740. The van der Waals surface area contributed by atoms with Crippen molar-refractivity contribution < 1.29 is 14.7 Å². The van der Waals surface area contributed by atoms with E-state index in [4.69, 9.17) is 5.73 Å². The molecule has 132 valence electrons. The van der Waals surface area contributed by atoms with Gasteiger partial charge in [0.1, 0.15) is 6.04 Å². The van der Waals surface area contributed by atoms with Crippen molar-refractivity contribution in [3.8, 4) is 11.1 Å². The Kier molecular flexibility index (Phi) is 5.20. The van der Waals surface area contributed by atoms with Crippen LogP contribution in [0, 0.1) is 0 Å². The Morgan fingerprint density at radius 1 is 1.16 bits per heavy atom. The van der Waals surface area contributed by atoms with Gasteiger partial charge in [0.2, 0.25) is 5.91 Å². The lowest BCUT2D eigenvalue weighted by atomic mass is 9.96. The van der Waals surface area contributed by atoms with E-state index in [1.54, 1.807) is 11.3 Å². The van der Waals surface area contributed by atoms with Crippen molar-refractivity contribution >= 4 is 23.2 Å². The molecule has 1 amide bonds. The predicted octanol–water partition coefficient (Wildman–Crippen LogP) is 2.80. The number of amides is 1. The number of thiophene rings is 1. The van der Waals surface area contributed by atoms with Gasteiger partial charge in [-0.3, -0.25) is 4.79 Å². The van der Waals surface area contributed by atoms with Gasteiger partial charge in [-0.2, -0.15) is 11.3 Å². The zero-order valence-electron chi connectivity index (χ0n) is 13.9. The second-order valence-electron chi connectivity index (χ2n) is 6.64. The number of rotatable bonds is 6. The molecular weight excluding hydrogens is 336 g/mol. The topological polar surface area (TPSA) is 92.4 Å². The lowest BCUT2D eigenvalue weighted by Crippen LogP contribution is -2.56. The minimum absolute atomic E-state index is 0.237. The lowest BCUT2D eigenvalue weighted by molar-refractivity contribution is -0.142. The summed E-state index contributed by atoms with van der Waals surface area (Å²) < 4.78 is 0. The van der Waals surface area contributed by atoms with Gasteiger partial charge in [-0.05, 0) is 46.4 Å². The number of carbonyl (C=O) groups is 2. The molecule has 3 rings (SSSR count). The molecule has 0 bridgehead atoms. The van der Waals surface area contributed by atoms with Crippen LogP contribution in [0.25, 0.3) is 11.1 Å². The molecule has 1 heterocycles. The van der Waals surface area contributed by atoms with Gasteiger partial charge in [0.15, 0.2) is 0 Å². The molecule has 1 aromatic heterocycles. The maximum atomic E-state index is 12.4. The third-order valence-corrected chi connectivity index (χ3v) is 5.48. The Labute approximate surface area is 150 Å². The van der Waals surface area contributed by atoms with Crippen LogP contribution >= 0.6 is 11.3 Å². The Morgan fingerprint density at radius 3 is 2.40 bits per heavy atom. The summed E-state index contributed by atoms with van der Waals surface area (Å²) >= 11 is 1.63. The van der Waals surface area contributed by atoms with Crippen LogP contribution in [-0.4, -0.2) is 28.6 Å². The van der Waals surface area contributed by atoms with E-state index in [1.165, 1.54) is 0 Å². The fourth-order valence-electron chi connectivity index (χ4n) is 3.23. The van der Waals surface area contributed by atoms with Gasteiger partial charge in [-0.1, -0.05) is 37.1 Å². The minimum Gasteiger partial charge on any atom is -0.480 e. The number of nitrogens with two attached hydrogens (primary N) is 1.